The van der Waals surface area contributed by atoms with Crippen molar-refractivity contribution in [3.8, 4) is 11.3 Å². The Hall–Kier alpha value is -3.02. The lowest BCUT2D eigenvalue weighted by atomic mass is 9.91. The SMILES string of the molecule is CC(c1ccc(F)cc1)n1nc(-c2ccc(F)cc2)c2c1CCN(C(=O)CC(C)(C)C)C2. The monoisotopic (exact) mass is 437 g/mol. The molecule has 0 radical (unpaired) electrons. The largest absolute Gasteiger partial charge is 0.338 e. The molecular formula is C26H29F2N3O. The minimum atomic E-state index is -0.302. The van der Waals surface area contributed by atoms with E-state index in [-0.39, 0.29) is 29.0 Å². The lowest BCUT2D eigenvalue weighted by molar-refractivity contribution is -0.134. The van der Waals surface area contributed by atoms with Gasteiger partial charge in [0.05, 0.1) is 11.7 Å². The normalized spacial score (nSPS) is 14.9. The lowest BCUT2D eigenvalue weighted by Crippen LogP contribution is -2.38. The zero-order chi connectivity index (χ0) is 23.0. The van der Waals surface area contributed by atoms with Crippen LogP contribution in [0.15, 0.2) is 48.5 Å². The van der Waals surface area contributed by atoms with Crippen LogP contribution in [0.4, 0.5) is 8.78 Å². The van der Waals surface area contributed by atoms with Crippen molar-refractivity contribution >= 4 is 5.91 Å². The van der Waals surface area contributed by atoms with Gasteiger partial charge >= 0.3 is 0 Å². The third-order valence-corrected chi connectivity index (χ3v) is 5.96. The van der Waals surface area contributed by atoms with Gasteiger partial charge in [0.2, 0.25) is 5.91 Å². The van der Waals surface area contributed by atoms with Crippen molar-refractivity contribution in [2.24, 2.45) is 5.41 Å². The maximum absolute atomic E-state index is 13.5. The van der Waals surface area contributed by atoms with Crippen LogP contribution in [0.1, 0.15) is 57.0 Å². The van der Waals surface area contributed by atoms with E-state index in [2.05, 4.69) is 20.8 Å². The first-order valence-electron chi connectivity index (χ1n) is 11.0. The van der Waals surface area contributed by atoms with Crippen LogP contribution in [-0.2, 0) is 17.8 Å². The first-order chi connectivity index (χ1) is 15.1. The molecule has 0 bridgehead atoms. The van der Waals surface area contributed by atoms with E-state index >= 15 is 0 Å². The van der Waals surface area contributed by atoms with E-state index in [1.807, 2.05) is 16.5 Å². The molecule has 2 aromatic carbocycles. The van der Waals surface area contributed by atoms with Crippen LogP contribution in [-0.4, -0.2) is 27.1 Å². The van der Waals surface area contributed by atoms with Gasteiger partial charge in [-0.1, -0.05) is 32.9 Å². The summed E-state index contributed by atoms with van der Waals surface area (Å²) < 4.78 is 29.0. The van der Waals surface area contributed by atoms with E-state index in [9.17, 15) is 13.6 Å². The van der Waals surface area contributed by atoms with Crippen LogP contribution in [0.25, 0.3) is 11.3 Å². The molecule has 0 N–H and O–H groups in total. The van der Waals surface area contributed by atoms with E-state index in [1.165, 1.54) is 24.3 Å². The van der Waals surface area contributed by atoms with Gasteiger partial charge < -0.3 is 4.90 Å². The number of fused-ring (bicyclic) bond motifs is 1. The van der Waals surface area contributed by atoms with Gasteiger partial charge in [-0.25, -0.2) is 8.78 Å². The molecule has 0 fully saturated rings. The van der Waals surface area contributed by atoms with Crippen LogP contribution in [0.5, 0.6) is 0 Å². The van der Waals surface area contributed by atoms with Gasteiger partial charge in [0.25, 0.3) is 0 Å². The molecule has 1 atom stereocenters. The summed E-state index contributed by atoms with van der Waals surface area (Å²) in [5.74, 6) is -0.445. The smallest absolute Gasteiger partial charge is 0.223 e. The highest BCUT2D eigenvalue weighted by molar-refractivity contribution is 5.78. The van der Waals surface area contributed by atoms with Crippen LogP contribution in [0, 0.1) is 17.0 Å². The Morgan fingerprint density at radius 2 is 1.62 bits per heavy atom. The number of hydrogen-bond donors (Lipinski definition) is 0. The molecule has 0 aliphatic carbocycles. The first-order valence-corrected chi connectivity index (χ1v) is 11.0. The molecule has 0 saturated carbocycles. The first kappa shape index (κ1) is 22.2. The van der Waals surface area contributed by atoms with Crippen LogP contribution < -0.4 is 0 Å². The Kier molecular flexibility index (Phi) is 5.89. The molecule has 4 nitrogen and oxygen atoms in total. The van der Waals surface area contributed by atoms with Gasteiger partial charge in [0, 0.05) is 42.8 Å². The highest BCUT2D eigenvalue weighted by Crippen LogP contribution is 2.34. The molecule has 2 heterocycles. The van der Waals surface area contributed by atoms with E-state index in [0.717, 1.165) is 28.1 Å². The van der Waals surface area contributed by atoms with Gasteiger partial charge in [-0.3, -0.25) is 9.48 Å². The molecule has 0 spiro atoms. The third kappa shape index (κ3) is 4.59. The molecule has 1 amide bonds. The number of benzene rings is 2. The highest BCUT2D eigenvalue weighted by Gasteiger charge is 2.31. The summed E-state index contributed by atoms with van der Waals surface area (Å²) in [4.78, 5) is 14.8. The van der Waals surface area contributed by atoms with Gasteiger partial charge in [0.1, 0.15) is 11.6 Å². The topological polar surface area (TPSA) is 38.1 Å². The second-order valence-corrected chi connectivity index (χ2v) is 9.76. The van der Waals surface area contributed by atoms with Crippen molar-refractivity contribution in [3.05, 3.63) is 77.0 Å². The number of halogens is 2. The number of hydrogen-bond acceptors (Lipinski definition) is 2. The summed E-state index contributed by atoms with van der Waals surface area (Å²) in [5.41, 5.74) is 4.52. The number of aromatic nitrogens is 2. The van der Waals surface area contributed by atoms with Crippen LogP contribution in [0.2, 0.25) is 0 Å². The second-order valence-electron chi connectivity index (χ2n) is 9.76. The fraction of sp³-hybridized carbons (Fsp3) is 0.385. The summed E-state index contributed by atoms with van der Waals surface area (Å²) in [6, 6.07) is 12.6. The molecule has 3 aromatic rings. The molecule has 1 aliphatic rings. The predicted molar refractivity (Wildman–Crippen MR) is 121 cm³/mol. The molecule has 4 rings (SSSR count). The standard InChI is InChI=1S/C26H29F2N3O/c1-17(18-5-9-20(27)10-6-18)31-23-13-14-30(24(32)15-26(2,3)4)16-22(23)25(29-31)19-7-11-21(28)12-8-19/h5-12,17H,13-16H2,1-4H3. The van der Waals surface area contributed by atoms with Crippen molar-refractivity contribution in [2.75, 3.05) is 6.54 Å². The van der Waals surface area contributed by atoms with Crippen molar-refractivity contribution < 1.29 is 13.6 Å². The molecule has 0 saturated heterocycles. The Bertz CT molecular complexity index is 1110. The van der Waals surface area contributed by atoms with Gasteiger partial charge in [-0.05, 0) is 54.3 Å². The van der Waals surface area contributed by atoms with Crippen molar-refractivity contribution in [2.45, 2.75) is 53.1 Å². The number of amides is 1. The van der Waals surface area contributed by atoms with Gasteiger partial charge in [-0.2, -0.15) is 5.10 Å². The zero-order valence-corrected chi connectivity index (χ0v) is 19.0. The lowest BCUT2D eigenvalue weighted by Gasteiger charge is -2.31. The summed E-state index contributed by atoms with van der Waals surface area (Å²) in [5, 5.41) is 4.92. The van der Waals surface area contributed by atoms with E-state index in [1.54, 1.807) is 24.3 Å². The Balaban J connectivity index is 1.74. The minimum absolute atomic E-state index is 0.0849. The fourth-order valence-electron chi connectivity index (χ4n) is 4.27. The summed E-state index contributed by atoms with van der Waals surface area (Å²) in [6.07, 6.45) is 1.17. The van der Waals surface area contributed by atoms with Gasteiger partial charge in [-0.15, -0.1) is 0 Å². The highest BCUT2D eigenvalue weighted by atomic mass is 19.1. The Labute approximate surface area is 187 Å². The number of carbonyl (C=O) groups is 1. The Morgan fingerprint density at radius 3 is 2.22 bits per heavy atom. The molecule has 6 heteroatoms. The Morgan fingerprint density at radius 1 is 1.03 bits per heavy atom. The summed E-state index contributed by atoms with van der Waals surface area (Å²) in [6.45, 7) is 9.33. The quantitative estimate of drug-likeness (QED) is 0.521. The van der Waals surface area contributed by atoms with Crippen molar-refractivity contribution in [1.29, 1.82) is 0 Å². The summed E-state index contributed by atoms with van der Waals surface area (Å²) in [7, 11) is 0. The average Bonchev–Trinajstić information content (AvgIpc) is 3.12. The van der Waals surface area contributed by atoms with E-state index < -0.39 is 0 Å². The average molecular weight is 438 g/mol. The fourth-order valence-corrected chi connectivity index (χ4v) is 4.27. The molecule has 168 valence electrons. The number of nitrogens with zero attached hydrogens (tertiary/aromatic N) is 3. The zero-order valence-electron chi connectivity index (χ0n) is 19.0. The van der Waals surface area contributed by atoms with Gasteiger partial charge in [0.15, 0.2) is 0 Å². The maximum Gasteiger partial charge on any atom is 0.223 e. The molecular weight excluding hydrogens is 408 g/mol. The molecule has 1 aliphatic heterocycles. The van der Waals surface area contributed by atoms with Crippen molar-refractivity contribution in [1.82, 2.24) is 14.7 Å². The third-order valence-electron chi connectivity index (χ3n) is 5.96. The molecule has 32 heavy (non-hydrogen) atoms. The van der Waals surface area contributed by atoms with Crippen LogP contribution in [0.3, 0.4) is 0 Å². The number of rotatable bonds is 4. The summed E-state index contributed by atoms with van der Waals surface area (Å²) >= 11 is 0. The van der Waals surface area contributed by atoms with E-state index in [4.69, 9.17) is 5.10 Å². The molecule has 1 aromatic heterocycles. The van der Waals surface area contributed by atoms with Crippen molar-refractivity contribution in [3.63, 3.8) is 0 Å². The van der Waals surface area contributed by atoms with E-state index in [0.29, 0.717) is 25.9 Å². The second kappa shape index (κ2) is 8.49. The maximum atomic E-state index is 13.5. The molecule has 1 unspecified atom stereocenters. The predicted octanol–water partition coefficient (Wildman–Crippen LogP) is 5.76. The minimum Gasteiger partial charge on any atom is -0.338 e. The number of carbonyl (C=O) groups excluding carboxylic acids is 1. The van der Waals surface area contributed by atoms with Crippen LogP contribution >= 0.6 is 0 Å².